The highest BCUT2D eigenvalue weighted by atomic mass is 32.2. The second kappa shape index (κ2) is 4.18. The molecule has 0 aromatic carbocycles. The zero-order chi connectivity index (χ0) is 8.10. The molecule has 0 atom stereocenters. The topological polar surface area (TPSA) is 37.8 Å². The van der Waals surface area contributed by atoms with Gasteiger partial charge in [0.05, 0.1) is 23.0 Å². The molecule has 0 saturated heterocycles. The normalized spacial score (nSPS) is 9.64. The molecule has 1 aromatic heterocycles. The zero-order valence-corrected chi connectivity index (χ0v) is 7.48. The first kappa shape index (κ1) is 8.33. The lowest BCUT2D eigenvalue weighted by molar-refractivity contribution is 0.997. The Balaban J connectivity index is 2.83. The molecule has 0 unspecified atom stereocenters. The minimum absolute atomic E-state index is 1.05. The van der Waals surface area contributed by atoms with E-state index in [9.17, 15) is 0 Å². The summed E-state index contributed by atoms with van der Waals surface area (Å²) in [6.45, 7) is 2.12. The van der Waals surface area contributed by atoms with Crippen molar-refractivity contribution in [3.63, 3.8) is 0 Å². The number of rotatable bonds is 3. The summed E-state index contributed by atoms with van der Waals surface area (Å²) in [5, 5.41) is 10.6. The average Bonchev–Trinajstić information content (AvgIpc) is 2.06. The van der Waals surface area contributed by atoms with Gasteiger partial charge < -0.3 is 5.32 Å². The molecule has 1 rings (SSSR count). The van der Waals surface area contributed by atoms with Crippen LogP contribution in [0.15, 0.2) is 17.3 Å². The summed E-state index contributed by atoms with van der Waals surface area (Å²) in [7, 11) is 1.89. The Morgan fingerprint density at radius 2 is 2.18 bits per heavy atom. The van der Waals surface area contributed by atoms with Crippen LogP contribution < -0.4 is 5.32 Å². The molecular weight excluding hydrogens is 158 g/mol. The molecule has 0 saturated carbocycles. The minimum Gasteiger partial charge on any atom is -0.386 e. The van der Waals surface area contributed by atoms with Crippen molar-refractivity contribution in [2.45, 2.75) is 11.8 Å². The number of nitrogens with one attached hydrogen (secondary N) is 1. The second-order valence-electron chi connectivity index (χ2n) is 1.95. The van der Waals surface area contributed by atoms with Crippen LogP contribution in [0.25, 0.3) is 0 Å². The zero-order valence-electron chi connectivity index (χ0n) is 6.66. The van der Waals surface area contributed by atoms with Gasteiger partial charge in [0, 0.05) is 7.05 Å². The fourth-order valence-electron chi connectivity index (χ4n) is 0.768. The summed E-state index contributed by atoms with van der Waals surface area (Å²) in [4.78, 5) is 1.16. The van der Waals surface area contributed by atoms with E-state index in [2.05, 4.69) is 22.4 Å². The molecule has 1 N–H and O–H groups in total. The molecule has 0 fully saturated rings. The van der Waals surface area contributed by atoms with Crippen LogP contribution >= 0.6 is 11.8 Å². The molecule has 0 radical (unpaired) electrons. The molecule has 0 aliphatic rings. The van der Waals surface area contributed by atoms with Gasteiger partial charge in [-0.2, -0.15) is 10.2 Å². The monoisotopic (exact) mass is 169 g/mol. The molecule has 11 heavy (non-hydrogen) atoms. The van der Waals surface area contributed by atoms with Gasteiger partial charge in [-0.15, -0.1) is 11.8 Å². The molecule has 3 nitrogen and oxygen atoms in total. The molecule has 0 spiro atoms. The van der Waals surface area contributed by atoms with E-state index in [0.29, 0.717) is 0 Å². The van der Waals surface area contributed by atoms with Crippen molar-refractivity contribution < 1.29 is 0 Å². The lowest BCUT2D eigenvalue weighted by atomic mass is 10.5. The van der Waals surface area contributed by atoms with E-state index in [0.717, 1.165) is 16.3 Å². The van der Waals surface area contributed by atoms with Gasteiger partial charge in [-0.3, -0.25) is 0 Å². The van der Waals surface area contributed by atoms with Crippen LogP contribution in [0.5, 0.6) is 0 Å². The van der Waals surface area contributed by atoms with Gasteiger partial charge in [0.1, 0.15) is 0 Å². The van der Waals surface area contributed by atoms with Crippen LogP contribution in [0.1, 0.15) is 6.92 Å². The smallest absolute Gasteiger partial charge is 0.0739 e. The van der Waals surface area contributed by atoms with Gasteiger partial charge in [-0.1, -0.05) is 6.92 Å². The van der Waals surface area contributed by atoms with Crippen LogP contribution in [-0.2, 0) is 0 Å². The van der Waals surface area contributed by atoms with Gasteiger partial charge >= 0.3 is 0 Å². The van der Waals surface area contributed by atoms with E-state index in [1.54, 1.807) is 24.2 Å². The SMILES string of the molecule is CCSc1cnncc1NC. The fraction of sp³-hybridized carbons (Fsp3) is 0.429. The Hall–Kier alpha value is -0.770. The molecule has 1 aromatic rings. The van der Waals surface area contributed by atoms with E-state index in [1.165, 1.54) is 0 Å². The van der Waals surface area contributed by atoms with Crippen molar-refractivity contribution in [1.82, 2.24) is 10.2 Å². The quantitative estimate of drug-likeness (QED) is 0.698. The van der Waals surface area contributed by atoms with Gasteiger partial charge in [0.25, 0.3) is 0 Å². The van der Waals surface area contributed by atoms with E-state index >= 15 is 0 Å². The van der Waals surface area contributed by atoms with Crippen LogP contribution in [0, 0.1) is 0 Å². The summed E-state index contributed by atoms with van der Waals surface area (Å²) >= 11 is 1.76. The highest BCUT2D eigenvalue weighted by molar-refractivity contribution is 7.99. The van der Waals surface area contributed by atoms with Crippen LogP contribution in [0.3, 0.4) is 0 Å². The Morgan fingerprint density at radius 3 is 2.82 bits per heavy atom. The molecule has 60 valence electrons. The number of hydrogen-bond donors (Lipinski definition) is 1. The molecule has 4 heteroatoms. The van der Waals surface area contributed by atoms with E-state index in [-0.39, 0.29) is 0 Å². The third-order valence-corrected chi connectivity index (χ3v) is 2.19. The maximum Gasteiger partial charge on any atom is 0.0739 e. The van der Waals surface area contributed by atoms with Crippen molar-refractivity contribution in [1.29, 1.82) is 0 Å². The lowest BCUT2D eigenvalue weighted by Gasteiger charge is -2.03. The average molecular weight is 169 g/mol. The van der Waals surface area contributed by atoms with Crippen molar-refractivity contribution >= 4 is 17.4 Å². The van der Waals surface area contributed by atoms with Crippen molar-refractivity contribution in [2.75, 3.05) is 18.1 Å². The van der Waals surface area contributed by atoms with Gasteiger partial charge in [0.2, 0.25) is 0 Å². The first-order valence-electron chi connectivity index (χ1n) is 3.49. The fourth-order valence-corrected chi connectivity index (χ4v) is 1.51. The van der Waals surface area contributed by atoms with Crippen LogP contribution in [0.4, 0.5) is 5.69 Å². The molecule has 0 aliphatic heterocycles. The first-order valence-corrected chi connectivity index (χ1v) is 4.48. The third-order valence-electron chi connectivity index (χ3n) is 1.26. The van der Waals surface area contributed by atoms with Crippen molar-refractivity contribution in [3.05, 3.63) is 12.4 Å². The number of hydrogen-bond acceptors (Lipinski definition) is 4. The third kappa shape index (κ3) is 2.08. The maximum absolute atomic E-state index is 3.80. The van der Waals surface area contributed by atoms with Crippen molar-refractivity contribution in [2.24, 2.45) is 0 Å². The Morgan fingerprint density at radius 1 is 1.45 bits per heavy atom. The van der Waals surface area contributed by atoms with Crippen LogP contribution in [0.2, 0.25) is 0 Å². The predicted molar refractivity (Wildman–Crippen MR) is 48.0 cm³/mol. The number of anilines is 1. The molecule has 1 heterocycles. The standard InChI is InChI=1S/C7H11N3S/c1-3-11-7-5-10-9-4-6(7)8-2/h4-5H,3H2,1-2H3,(H,8,10). The largest absolute Gasteiger partial charge is 0.386 e. The Bertz CT molecular complexity index is 227. The second-order valence-corrected chi connectivity index (χ2v) is 3.26. The summed E-state index contributed by atoms with van der Waals surface area (Å²) in [6.07, 6.45) is 3.51. The number of aromatic nitrogens is 2. The molecule has 0 aliphatic carbocycles. The van der Waals surface area contributed by atoms with Crippen molar-refractivity contribution in [3.8, 4) is 0 Å². The summed E-state index contributed by atoms with van der Waals surface area (Å²) < 4.78 is 0. The lowest BCUT2D eigenvalue weighted by Crippen LogP contribution is -1.93. The Kier molecular flexibility index (Phi) is 3.16. The molecular formula is C7H11N3S. The number of thioether (sulfide) groups is 1. The summed E-state index contributed by atoms with van der Waals surface area (Å²) in [5.74, 6) is 1.06. The minimum atomic E-state index is 1.05. The highest BCUT2D eigenvalue weighted by Crippen LogP contribution is 2.23. The molecule has 0 amide bonds. The number of nitrogens with zero attached hydrogens (tertiary/aromatic N) is 2. The van der Waals surface area contributed by atoms with E-state index in [1.807, 2.05) is 7.05 Å². The maximum atomic E-state index is 3.80. The first-order chi connectivity index (χ1) is 5.38. The molecule has 0 bridgehead atoms. The Labute approximate surface area is 70.6 Å². The summed E-state index contributed by atoms with van der Waals surface area (Å²) in [6, 6.07) is 0. The summed E-state index contributed by atoms with van der Waals surface area (Å²) in [5.41, 5.74) is 1.05. The van der Waals surface area contributed by atoms with Crippen LogP contribution in [-0.4, -0.2) is 23.0 Å². The van der Waals surface area contributed by atoms with Gasteiger partial charge in [-0.25, -0.2) is 0 Å². The highest BCUT2D eigenvalue weighted by Gasteiger charge is 1.98. The predicted octanol–water partition coefficient (Wildman–Crippen LogP) is 1.63. The van der Waals surface area contributed by atoms with Gasteiger partial charge in [-0.05, 0) is 5.75 Å². The van der Waals surface area contributed by atoms with Gasteiger partial charge in [0.15, 0.2) is 0 Å². The van der Waals surface area contributed by atoms with E-state index in [4.69, 9.17) is 0 Å². The van der Waals surface area contributed by atoms with E-state index < -0.39 is 0 Å².